The summed E-state index contributed by atoms with van der Waals surface area (Å²) >= 11 is 0. The highest BCUT2D eigenvalue weighted by molar-refractivity contribution is 5.82. The number of morpholine rings is 1. The van der Waals surface area contributed by atoms with Gasteiger partial charge in [-0.05, 0) is 54.1 Å². The van der Waals surface area contributed by atoms with E-state index in [2.05, 4.69) is 22.0 Å². The molecule has 0 bridgehead atoms. The molecule has 0 radical (unpaired) electrons. The van der Waals surface area contributed by atoms with Crippen LogP contribution in [0.25, 0.3) is 0 Å². The van der Waals surface area contributed by atoms with Crippen molar-refractivity contribution in [2.75, 3.05) is 31.2 Å². The van der Waals surface area contributed by atoms with Gasteiger partial charge >= 0.3 is 0 Å². The average molecular weight is 282 g/mol. The van der Waals surface area contributed by atoms with Crippen LogP contribution in [-0.2, 0) is 4.74 Å². The molecule has 0 spiro atoms. The van der Waals surface area contributed by atoms with E-state index in [1.165, 1.54) is 5.69 Å². The molecule has 0 amide bonds. The topological polar surface area (TPSA) is 45.1 Å². The van der Waals surface area contributed by atoms with Crippen LogP contribution >= 0.6 is 0 Å². The lowest BCUT2D eigenvalue weighted by molar-refractivity contribution is 0.122. The zero-order valence-corrected chi connectivity index (χ0v) is 11.8. The first-order valence-corrected chi connectivity index (χ1v) is 7.07. The Morgan fingerprint density at radius 3 is 2.29 bits per heavy atom. The average Bonchev–Trinajstić information content (AvgIpc) is 2.56. The fourth-order valence-corrected chi connectivity index (χ4v) is 2.28. The Morgan fingerprint density at radius 1 is 0.952 bits per heavy atom. The molecule has 2 aromatic carbocycles. The lowest BCUT2D eigenvalue weighted by Gasteiger charge is -2.28. The lowest BCUT2D eigenvalue weighted by atomic mass is 10.2. The molecule has 0 atom stereocenters. The van der Waals surface area contributed by atoms with E-state index in [9.17, 15) is 5.11 Å². The first kappa shape index (κ1) is 13.6. The lowest BCUT2D eigenvalue weighted by Crippen LogP contribution is -2.36. The Bertz CT molecular complexity index is 600. The summed E-state index contributed by atoms with van der Waals surface area (Å²) in [5.41, 5.74) is 3.09. The quantitative estimate of drug-likeness (QED) is 0.880. The maximum Gasteiger partial charge on any atom is 0.115 e. The first-order chi connectivity index (χ1) is 10.3. The molecule has 1 N–H and O–H groups in total. The molecular weight excluding hydrogens is 264 g/mol. The van der Waals surface area contributed by atoms with Crippen LogP contribution in [0.4, 0.5) is 11.4 Å². The maximum atomic E-state index is 9.24. The number of nitrogens with zero attached hydrogens (tertiary/aromatic N) is 2. The van der Waals surface area contributed by atoms with Crippen LogP contribution in [-0.4, -0.2) is 37.6 Å². The predicted octanol–water partition coefficient (Wildman–Crippen LogP) is 2.98. The molecule has 0 aromatic heterocycles. The third-order valence-electron chi connectivity index (χ3n) is 3.48. The normalized spacial score (nSPS) is 15.5. The first-order valence-electron chi connectivity index (χ1n) is 7.07. The number of ether oxygens (including phenoxy) is 1. The highest BCUT2D eigenvalue weighted by Crippen LogP contribution is 2.20. The van der Waals surface area contributed by atoms with Gasteiger partial charge in [0.25, 0.3) is 0 Å². The summed E-state index contributed by atoms with van der Waals surface area (Å²) < 4.78 is 5.36. The van der Waals surface area contributed by atoms with Crippen molar-refractivity contribution in [3.8, 4) is 5.75 Å². The van der Waals surface area contributed by atoms with Crippen LogP contribution in [0.15, 0.2) is 53.5 Å². The van der Waals surface area contributed by atoms with Gasteiger partial charge in [0.2, 0.25) is 0 Å². The van der Waals surface area contributed by atoms with Crippen LogP contribution in [0.1, 0.15) is 5.56 Å². The molecule has 0 unspecified atom stereocenters. The molecule has 0 saturated carbocycles. The number of benzene rings is 2. The Hall–Kier alpha value is -2.33. The number of aromatic hydroxyl groups is 1. The molecule has 1 aliphatic heterocycles. The Kier molecular flexibility index (Phi) is 4.17. The summed E-state index contributed by atoms with van der Waals surface area (Å²) in [5.74, 6) is 0.266. The van der Waals surface area contributed by atoms with Gasteiger partial charge in [0, 0.05) is 25.0 Å². The Morgan fingerprint density at radius 2 is 1.62 bits per heavy atom. The summed E-state index contributed by atoms with van der Waals surface area (Å²) in [6, 6.07) is 15.2. The van der Waals surface area contributed by atoms with Crippen molar-refractivity contribution in [1.82, 2.24) is 0 Å². The fraction of sp³-hybridized carbons (Fsp3) is 0.235. The molecule has 1 aliphatic rings. The summed E-state index contributed by atoms with van der Waals surface area (Å²) in [5, 5.41) is 9.24. The molecule has 1 saturated heterocycles. The molecule has 1 heterocycles. The minimum atomic E-state index is 0.266. The number of hydrogen-bond acceptors (Lipinski definition) is 4. The molecule has 21 heavy (non-hydrogen) atoms. The summed E-state index contributed by atoms with van der Waals surface area (Å²) in [6.45, 7) is 3.47. The number of rotatable bonds is 3. The van der Waals surface area contributed by atoms with E-state index in [-0.39, 0.29) is 5.75 Å². The minimum Gasteiger partial charge on any atom is -0.508 e. The van der Waals surface area contributed by atoms with Crippen molar-refractivity contribution >= 4 is 17.6 Å². The Labute approximate surface area is 124 Å². The second-order valence-corrected chi connectivity index (χ2v) is 4.97. The number of anilines is 1. The third-order valence-corrected chi connectivity index (χ3v) is 3.48. The van der Waals surface area contributed by atoms with Crippen LogP contribution in [0.5, 0.6) is 5.75 Å². The van der Waals surface area contributed by atoms with Gasteiger partial charge < -0.3 is 14.7 Å². The largest absolute Gasteiger partial charge is 0.508 e. The smallest absolute Gasteiger partial charge is 0.115 e. The molecular formula is C17H18N2O2. The number of aliphatic imine (C=N–C) groups is 1. The molecule has 4 heteroatoms. The van der Waals surface area contributed by atoms with Crippen LogP contribution in [0.2, 0.25) is 0 Å². The maximum absolute atomic E-state index is 9.24. The van der Waals surface area contributed by atoms with Crippen molar-refractivity contribution in [2.45, 2.75) is 0 Å². The SMILES string of the molecule is Oc1ccc(C=Nc2ccc(N3CCOCC3)cc2)cc1. The van der Waals surface area contributed by atoms with Crippen LogP contribution in [0, 0.1) is 0 Å². The van der Waals surface area contributed by atoms with Gasteiger partial charge in [0.1, 0.15) is 5.75 Å². The van der Waals surface area contributed by atoms with E-state index in [1.54, 1.807) is 18.3 Å². The van der Waals surface area contributed by atoms with Crippen molar-refractivity contribution < 1.29 is 9.84 Å². The molecule has 1 fully saturated rings. The van der Waals surface area contributed by atoms with E-state index in [1.807, 2.05) is 24.3 Å². The van der Waals surface area contributed by atoms with E-state index < -0.39 is 0 Å². The fourth-order valence-electron chi connectivity index (χ4n) is 2.28. The second kappa shape index (κ2) is 6.41. The predicted molar refractivity (Wildman–Crippen MR) is 84.8 cm³/mol. The number of phenolic OH excluding ortho intramolecular Hbond substituents is 1. The van der Waals surface area contributed by atoms with Gasteiger partial charge in [0.15, 0.2) is 0 Å². The van der Waals surface area contributed by atoms with Gasteiger partial charge in [-0.1, -0.05) is 0 Å². The van der Waals surface area contributed by atoms with Gasteiger partial charge in [0.05, 0.1) is 18.9 Å². The number of hydrogen-bond donors (Lipinski definition) is 1. The highest BCUT2D eigenvalue weighted by Gasteiger charge is 2.10. The van der Waals surface area contributed by atoms with Crippen LogP contribution < -0.4 is 4.90 Å². The van der Waals surface area contributed by atoms with E-state index in [0.717, 1.165) is 37.6 Å². The van der Waals surface area contributed by atoms with Crippen LogP contribution in [0.3, 0.4) is 0 Å². The van der Waals surface area contributed by atoms with E-state index in [4.69, 9.17) is 4.74 Å². The zero-order chi connectivity index (χ0) is 14.5. The van der Waals surface area contributed by atoms with Crippen molar-refractivity contribution in [2.24, 2.45) is 4.99 Å². The summed E-state index contributed by atoms with van der Waals surface area (Å²) in [4.78, 5) is 6.76. The minimum absolute atomic E-state index is 0.266. The second-order valence-electron chi connectivity index (χ2n) is 4.97. The van der Waals surface area contributed by atoms with Gasteiger partial charge in [-0.25, -0.2) is 0 Å². The van der Waals surface area contributed by atoms with Gasteiger partial charge in [-0.15, -0.1) is 0 Å². The molecule has 3 rings (SSSR count). The number of phenols is 1. The van der Waals surface area contributed by atoms with Gasteiger partial charge in [-0.2, -0.15) is 0 Å². The highest BCUT2D eigenvalue weighted by atomic mass is 16.5. The zero-order valence-electron chi connectivity index (χ0n) is 11.8. The van der Waals surface area contributed by atoms with E-state index >= 15 is 0 Å². The molecule has 4 nitrogen and oxygen atoms in total. The summed E-state index contributed by atoms with van der Waals surface area (Å²) in [7, 11) is 0. The molecule has 108 valence electrons. The summed E-state index contributed by atoms with van der Waals surface area (Å²) in [6.07, 6.45) is 1.79. The van der Waals surface area contributed by atoms with Gasteiger partial charge in [-0.3, -0.25) is 4.99 Å². The third kappa shape index (κ3) is 3.61. The molecule has 0 aliphatic carbocycles. The molecule has 2 aromatic rings. The van der Waals surface area contributed by atoms with Crippen molar-refractivity contribution in [1.29, 1.82) is 0 Å². The standard InChI is InChI=1S/C17H18N2O2/c20-17-7-1-14(2-8-17)13-18-15-3-5-16(6-4-15)19-9-11-21-12-10-19/h1-8,13,20H,9-12H2. The Balaban J connectivity index is 1.67. The monoisotopic (exact) mass is 282 g/mol. The van der Waals surface area contributed by atoms with Crippen molar-refractivity contribution in [3.05, 3.63) is 54.1 Å². The van der Waals surface area contributed by atoms with Crippen molar-refractivity contribution in [3.63, 3.8) is 0 Å². The van der Waals surface area contributed by atoms with E-state index in [0.29, 0.717) is 0 Å².